The van der Waals surface area contributed by atoms with Crippen molar-refractivity contribution in [2.24, 2.45) is 7.05 Å². The van der Waals surface area contributed by atoms with Crippen LogP contribution < -0.4 is 4.74 Å². The summed E-state index contributed by atoms with van der Waals surface area (Å²) in [5, 5.41) is 11.2. The number of carbonyl (C=O) groups excluding carboxylic acids is 1. The molecule has 1 amide bonds. The van der Waals surface area contributed by atoms with Crippen LogP contribution in [-0.4, -0.2) is 44.7 Å². The Hall–Kier alpha value is -2.34. The minimum absolute atomic E-state index is 0.0389. The monoisotopic (exact) mass is 341 g/mol. The van der Waals surface area contributed by atoms with Crippen molar-refractivity contribution in [3.63, 3.8) is 0 Å². The maximum Gasteiger partial charge on any atom is 0.254 e. The second-order valence-electron chi connectivity index (χ2n) is 7.13. The molecule has 4 rings (SSSR count). The molecule has 0 saturated carbocycles. The smallest absolute Gasteiger partial charge is 0.254 e. The molecule has 2 atom stereocenters. The summed E-state index contributed by atoms with van der Waals surface area (Å²) in [6.45, 7) is 0. The predicted octanol–water partition coefficient (Wildman–Crippen LogP) is 2.08. The first kappa shape index (κ1) is 16.1. The van der Waals surface area contributed by atoms with Crippen LogP contribution in [0.1, 0.15) is 41.9 Å². The number of hydrogen-bond donors (Lipinski definition) is 1. The molecule has 2 aliphatic rings. The first-order chi connectivity index (χ1) is 12.0. The Morgan fingerprint density at radius 2 is 1.88 bits per heavy atom. The zero-order chi connectivity index (χ0) is 17.6. The Balaban J connectivity index is 1.58. The van der Waals surface area contributed by atoms with Crippen LogP contribution in [-0.2, 0) is 12.6 Å². The minimum Gasteiger partial charge on any atom is -0.497 e. The molecule has 1 aromatic heterocycles. The summed E-state index contributed by atoms with van der Waals surface area (Å²) >= 11 is 0. The fourth-order valence-corrected chi connectivity index (χ4v) is 4.44. The molecule has 0 spiro atoms. The van der Waals surface area contributed by atoms with Gasteiger partial charge in [0.2, 0.25) is 0 Å². The van der Waals surface area contributed by atoms with Crippen LogP contribution in [0.3, 0.4) is 0 Å². The predicted molar refractivity (Wildman–Crippen MR) is 92.3 cm³/mol. The molecule has 2 saturated heterocycles. The quantitative estimate of drug-likeness (QED) is 0.928. The third kappa shape index (κ3) is 2.61. The molecule has 2 bridgehead atoms. The molecule has 0 aliphatic carbocycles. The molecule has 25 heavy (non-hydrogen) atoms. The average Bonchev–Trinajstić information content (AvgIpc) is 3.17. The number of aliphatic hydroxyl groups is 1. The molecule has 1 N–H and O–H groups in total. The van der Waals surface area contributed by atoms with E-state index >= 15 is 0 Å². The van der Waals surface area contributed by atoms with Gasteiger partial charge in [-0.25, -0.2) is 4.98 Å². The number of ether oxygens (including phenoxy) is 1. The number of imidazole rings is 1. The van der Waals surface area contributed by atoms with Crippen molar-refractivity contribution in [1.82, 2.24) is 14.5 Å². The van der Waals surface area contributed by atoms with E-state index in [0.717, 1.165) is 18.6 Å². The Morgan fingerprint density at radius 1 is 1.24 bits per heavy atom. The number of amides is 1. The lowest BCUT2D eigenvalue weighted by Gasteiger charge is -2.43. The van der Waals surface area contributed by atoms with E-state index in [-0.39, 0.29) is 18.0 Å². The van der Waals surface area contributed by atoms with E-state index < -0.39 is 5.60 Å². The number of carbonyl (C=O) groups is 1. The molecule has 6 nitrogen and oxygen atoms in total. The van der Waals surface area contributed by atoms with E-state index in [1.807, 2.05) is 34.8 Å². The zero-order valence-electron chi connectivity index (χ0n) is 14.6. The molecule has 2 fully saturated rings. The van der Waals surface area contributed by atoms with Crippen LogP contribution in [0.5, 0.6) is 5.75 Å². The van der Waals surface area contributed by atoms with Gasteiger partial charge in [0.15, 0.2) is 0 Å². The maximum atomic E-state index is 13.0. The van der Waals surface area contributed by atoms with Gasteiger partial charge in [-0.2, -0.15) is 0 Å². The minimum atomic E-state index is -0.958. The lowest BCUT2D eigenvalue weighted by molar-refractivity contribution is -0.0555. The van der Waals surface area contributed by atoms with Crippen molar-refractivity contribution in [2.75, 3.05) is 7.11 Å². The van der Waals surface area contributed by atoms with E-state index in [1.54, 1.807) is 25.4 Å². The summed E-state index contributed by atoms with van der Waals surface area (Å²) in [7, 11) is 3.51. The first-order valence-corrected chi connectivity index (χ1v) is 8.69. The van der Waals surface area contributed by atoms with Crippen molar-refractivity contribution in [2.45, 2.75) is 43.4 Å². The van der Waals surface area contributed by atoms with E-state index in [4.69, 9.17) is 4.74 Å². The summed E-state index contributed by atoms with van der Waals surface area (Å²) in [6.07, 6.45) is 6.50. The number of hydrogen-bond acceptors (Lipinski definition) is 4. The number of nitrogens with zero attached hydrogens (tertiary/aromatic N) is 3. The van der Waals surface area contributed by atoms with E-state index in [2.05, 4.69) is 4.98 Å². The van der Waals surface area contributed by atoms with E-state index in [1.165, 1.54) is 0 Å². The molecule has 2 aliphatic heterocycles. The van der Waals surface area contributed by atoms with Crippen LogP contribution in [0.25, 0.3) is 0 Å². The molecule has 1 aromatic carbocycles. The molecule has 2 aromatic rings. The molecular formula is C19H23N3O3. The van der Waals surface area contributed by atoms with Gasteiger partial charge in [0.25, 0.3) is 5.91 Å². The molecule has 3 heterocycles. The number of benzene rings is 1. The summed E-state index contributed by atoms with van der Waals surface area (Å²) in [4.78, 5) is 19.3. The van der Waals surface area contributed by atoms with Gasteiger partial charge in [0.1, 0.15) is 17.2 Å². The highest BCUT2D eigenvalue weighted by Gasteiger charge is 2.51. The Kier molecular flexibility index (Phi) is 3.80. The summed E-state index contributed by atoms with van der Waals surface area (Å²) in [6, 6.07) is 7.33. The number of aryl methyl sites for hydroxylation is 1. The molecular weight excluding hydrogens is 318 g/mol. The Labute approximate surface area is 147 Å². The van der Waals surface area contributed by atoms with Crippen LogP contribution >= 0.6 is 0 Å². The third-order valence-electron chi connectivity index (χ3n) is 5.58. The topological polar surface area (TPSA) is 67.6 Å². The lowest BCUT2D eigenvalue weighted by Crippen LogP contribution is -2.52. The first-order valence-electron chi connectivity index (χ1n) is 8.69. The van der Waals surface area contributed by atoms with Crippen molar-refractivity contribution in [3.8, 4) is 5.75 Å². The van der Waals surface area contributed by atoms with Crippen molar-refractivity contribution in [3.05, 3.63) is 48.0 Å². The average molecular weight is 341 g/mol. The molecule has 0 radical (unpaired) electrons. The van der Waals surface area contributed by atoms with Gasteiger partial charge in [-0.1, -0.05) is 0 Å². The van der Waals surface area contributed by atoms with Crippen LogP contribution in [0, 0.1) is 0 Å². The highest BCUT2D eigenvalue weighted by molar-refractivity contribution is 5.95. The highest BCUT2D eigenvalue weighted by atomic mass is 16.5. The van der Waals surface area contributed by atoms with Crippen molar-refractivity contribution in [1.29, 1.82) is 0 Å². The largest absolute Gasteiger partial charge is 0.497 e. The van der Waals surface area contributed by atoms with Crippen LogP contribution in [0.15, 0.2) is 36.7 Å². The van der Waals surface area contributed by atoms with Crippen molar-refractivity contribution >= 4 is 5.91 Å². The normalized spacial score (nSPS) is 28.2. The van der Waals surface area contributed by atoms with Crippen LogP contribution in [0.4, 0.5) is 0 Å². The van der Waals surface area contributed by atoms with Gasteiger partial charge in [0.05, 0.1) is 7.11 Å². The maximum absolute atomic E-state index is 13.0. The van der Waals surface area contributed by atoms with Crippen molar-refractivity contribution < 1.29 is 14.6 Å². The second kappa shape index (κ2) is 5.88. The van der Waals surface area contributed by atoms with Gasteiger partial charge < -0.3 is 19.3 Å². The third-order valence-corrected chi connectivity index (χ3v) is 5.58. The Bertz CT molecular complexity index is 769. The number of rotatable bonds is 3. The van der Waals surface area contributed by atoms with Gasteiger partial charge >= 0.3 is 0 Å². The van der Waals surface area contributed by atoms with E-state index in [9.17, 15) is 9.90 Å². The number of fused-ring (bicyclic) bond motifs is 2. The number of methoxy groups -OCH3 is 1. The fraction of sp³-hybridized carbons (Fsp3) is 0.474. The summed E-state index contributed by atoms with van der Waals surface area (Å²) < 4.78 is 7.04. The lowest BCUT2D eigenvalue weighted by atomic mass is 9.85. The fourth-order valence-electron chi connectivity index (χ4n) is 4.44. The number of aromatic nitrogens is 2. The van der Waals surface area contributed by atoms with Gasteiger partial charge in [-0.3, -0.25) is 4.79 Å². The Morgan fingerprint density at radius 3 is 2.40 bits per heavy atom. The van der Waals surface area contributed by atoms with E-state index in [0.29, 0.717) is 24.2 Å². The van der Waals surface area contributed by atoms with Gasteiger partial charge in [-0.15, -0.1) is 0 Å². The standard InChI is InChI=1S/C19H23N3O3/c1-21-10-9-20-18(21)19(24)11-14-5-6-15(12-19)22(14)17(23)13-3-7-16(25-2)8-4-13/h3-4,7-10,14-15,24H,5-6,11-12H2,1-2H3/t14-,15-/m0/s1. The molecule has 6 heteroatoms. The highest BCUT2D eigenvalue weighted by Crippen LogP contribution is 2.45. The summed E-state index contributed by atoms with van der Waals surface area (Å²) in [5.41, 5.74) is -0.291. The van der Waals surface area contributed by atoms with Gasteiger partial charge in [0, 0.05) is 49.9 Å². The molecule has 132 valence electrons. The molecule has 0 unspecified atom stereocenters. The number of piperidine rings is 1. The van der Waals surface area contributed by atoms with Gasteiger partial charge in [-0.05, 0) is 37.1 Å². The summed E-state index contributed by atoms with van der Waals surface area (Å²) in [5.74, 6) is 1.47. The second-order valence-corrected chi connectivity index (χ2v) is 7.13. The SMILES string of the molecule is COc1ccc(C(=O)N2[C@H]3CC[C@H]2CC(O)(c2nccn2C)C3)cc1. The van der Waals surface area contributed by atoms with Crippen LogP contribution in [0.2, 0.25) is 0 Å². The zero-order valence-corrected chi connectivity index (χ0v) is 14.6.